The molecule has 2 aromatic rings. The molecule has 1 aromatic carbocycles. The molecule has 0 radical (unpaired) electrons. The second-order valence-electron chi connectivity index (χ2n) is 4.48. The minimum atomic E-state index is 0.805. The molecule has 0 unspecified atom stereocenters. The van der Waals surface area contributed by atoms with Crippen LogP contribution in [-0.4, -0.2) is 19.1 Å². The van der Waals surface area contributed by atoms with Crippen molar-refractivity contribution in [1.29, 1.82) is 0 Å². The molecule has 0 saturated heterocycles. The van der Waals surface area contributed by atoms with Crippen LogP contribution < -0.4 is 10.2 Å². The lowest BCUT2D eigenvalue weighted by atomic mass is 10.2. The Hall–Kier alpha value is -2.03. The number of rotatable bonds is 4. The van der Waals surface area contributed by atoms with E-state index in [4.69, 9.17) is 0 Å². The smallest absolute Gasteiger partial charge is 0.0617 e. The van der Waals surface area contributed by atoms with E-state index in [1.807, 2.05) is 19.3 Å². The molecular weight excluding hydrogens is 222 g/mol. The molecule has 0 bridgehead atoms. The van der Waals surface area contributed by atoms with Gasteiger partial charge in [-0.25, -0.2) is 0 Å². The van der Waals surface area contributed by atoms with Crippen LogP contribution in [0.25, 0.3) is 0 Å². The highest BCUT2D eigenvalue weighted by Crippen LogP contribution is 2.17. The number of hydrogen-bond donors (Lipinski definition) is 1. The van der Waals surface area contributed by atoms with Crippen molar-refractivity contribution in [2.45, 2.75) is 13.5 Å². The molecule has 0 saturated carbocycles. The monoisotopic (exact) mass is 241 g/mol. The summed E-state index contributed by atoms with van der Waals surface area (Å²) < 4.78 is 0. The van der Waals surface area contributed by atoms with Crippen LogP contribution in [0.5, 0.6) is 0 Å². The van der Waals surface area contributed by atoms with Gasteiger partial charge in [-0.15, -0.1) is 0 Å². The molecule has 3 heteroatoms. The van der Waals surface area contributed by atoms with Gasteiger partial charge in [-0.2, -0.15) is 0 Å². The van der Waals surface area contributed by atoms with Crippen LogP contribution in [0.2, 0.25) is 0 Å². The predicted molar refractivity (Wildman–Crippen MR) is 77.1 cm³/mol. The van der Waals surface area contributed by atoms with E-state index in [9.17, 15) is 0 Å². The van der Waals surface area contributed by atoms with Gasteiger partial charge in [0.05, 0.1) is 12.2 Å². The van der Waals surface area contributed by atoms with Crippen molar-refractivity contribution >= 4 is 11.4 Å². The number of benzene rings is 1. The van der Waals surface area contributed by atoms with Crippen LogP contribution in [0.4, 0.5) is 11.4 Å². The van der Waals surface area contributed by atoms with Gasteiger partial charge in [0.25, 0.3) is 0 Å². The van der Waals surface area contributed by atoms with E-state index < -0.39 is 0 Å². The summed E-state index contributed by atoms with van der Waals surface area (Å²) in [6.07, 6.45) is 1.84. The number of nitrogens with zero attached hydrogens (tertiary/aromatic N) is 2. The summed E-state index contributed by atoms with van der Waals surface area (Å²) in [6, 6.07) is 12.5. The molecule has 0 aliphatic heterocycles. The SMILES string of the molecule is CNc1ccnc(CN(C)c2cccc(C)c2)c1. The fraction of sp³-hybridized carbons (Fsp3) is 0.267. The lowest BCUT2D eigenvalue weighted by Gasteiger charge is -2.19. The van der Waals surface area contributed by atoms with Crippen molar-refractivity contribution in [3.05, 3.63) is 53.9 Å². The summed E-state index contributed by atoms with van der Waals surface area (Å²) in [5.74, 6) is 0. The van der Waals surface area contributed by atoms with E-state index in [1.165, 1.54) is 11.3 Å². The fourth-order valence-electron chi connectivity index (χ4n) is 1.92. The molecule has 94 valence electrons. The minimum absolute atomic E-state index is 0.805. The van der Waals surface area contributed by atoms with E-state index in [0.29, 0.717) is 0 Å². The fourth-order valence-corrected chi connectivity index (χ4v) is 1.92. The number of pyridine rings is 1. The van der Waals surface area contributed by atoms with Gasteiger partial charge in [-0.1, -0.05) is 12.1 Å². The van der Waals surface area contributed by atoms with Crippen molar-refractivity contribution < 1.29 is 0 Å². The third kappa shape index (κ3) is 3.00. The molecule has 0 aliphatic rings. The first-order chi connectivity index (χ1) is 8.69. The molecule has 0 fully saturated rings. The van der Waals surface area contributed by atoms with Crippen LogP contribution in [0.1, 0.15) is 11.3 Å². The molecule has 18 heavy (non-hydrogen) atoms. The Morgan fingerprint density at radius 2 is 2.06 bits per heavy atom. The van der Waals surface area contributed by atoms with Gasteiger partial charge in [0.2, 0.25) is 0 Å². The first-order valence-corrected chi connectivity index (χ1v) is 6.09. The highest BCUT2D eigenvalue weighted by molar-refractivity contribution is 5.49. The van der Waals surface area contributed by atoms with Gasteiger partial charge < -0.3 is 10.2 Å². The largest absolute Gasteiger partial charge is 0.388 e. The van der Waals surface area contributed by atoms with Crippen molar-refractivity contribution in [3.63, 3.8) is 0 Å². The highest BCUT2D eigenvalue weighted by Gasteiger charge is 2.03. The number of anilines is 2. The van der Waals surface area contributed by atoms with Gasteiger partial charge >= 0.3 is 0 Å². The van der Waals surface area contributed by atoms with Crippen molar-refractivity contribution in [1.82, 2.24) is 4.98 Å². The van der Waals surface area contributed by atoms with Crippen LogP contribution in [0.15, 0.2) is 42.6 Å². The Morgan fingerprint density at radius 3 is 2.78 bits per heavy atom. The predicted octanol–water partition coefficient (Wildman–Crippen LogP) is 3.07. The summed E-state index contributed by atoms with van der Waals surface area (Å²) in [5, 5.41) is 3.13. The Kier molecular flexibility index (Phi) is 3.82. The van der Waals surface area contributed by atoms with Crippen LogP contribution in [0, 0.1) is 6.92 Å². The first-order valence-electron chi connectivity index (χ1n) is 6.09. The Bertz CT molecular complexity index is 523. The maximum atomic E-state index is 4.39. The summed E-state index contributed by atoms with van der Waals surface area (Å²) in [4.78, 5) is 6.60. The summed E-state index contributed by atoms with van der Waals surface area (Å²) >= 11 is 0. The van der Waals surface area contributed by atoms with Crippen LogP contribution in [-0.2, 0) is 6.54 Å². The maximum Gasteiger partial charge on any atom is 0.0617 e. The standard InChI is InChI=1S/C15H19N3/c1-12-5-4-6-15(9-12)18(3)11-14-10-13(16-2)7-8-17-14/h4-10H,11H2,1-3H3,(H,16,17). The Morgan fingerprint density at radius 1 is 1.22 bits per heavy atom. The number of aryl methyl sites for hydroxylation is 1. The third-order valence-electron chi connectivity index (χ3n) is 2.95. The number of hydrogen-bond acceptors (Lipinski definition) is 3. The van der Waals surface area contributed by atoms with E-state index >= 15 is 0 Å². The van der Waals surface area contributed by atoms with Crippen molar-refractivity contribution in [2.75, 3.05) is 24.3 Å². The molecule has 0 spiro atoms. The third-order valence-corrected chi connectivity index (χ3v) is 2.95. The van der Waals surface area contributed by atoms with Crippen LogP contribution >= 0.6 is 0 Å². The number of aromatic nitrogens is 1. The first kappa shape index (κ1) is 12.4. The van der Waals surface area contributed by atoms with Gasteiger partial charge in [0.15, 0.2) is 0 Å². The summed E-state index contributed by atoms with van der Waals surface area (Å²) in [5.41, 5.74) is 4.64. The van der Waals surface area contributed by atoms with E-state index in [2.05, 4.69) is 59.5 Å². The second-order valence-corrected chi connectivity index (χ2v) is 4.48. The molecule has 1 aromatic heterocycles. The Balaban J connectivity index is 2.13. The summed E-state index contributed by atoms with van der Waals surface area (Å²) in [6.45, 7) is 2.91. The van der Waals surface area contributed by atoms with E-state index in [1.54, 1.807) is 0 Å². The van der Waals surface area contributed by atoms with E-state index in [-0.39, 0.29) is 0 Å². The lowest BCUT2D eigenvalue weighted by Crippen LogP contribution is -2.17. The molecule has 3 nitrogen and oxygen atoms in total. The quantitative estimate of drug-likeness (QED) is 0.891. The van der Waals surface area contributed by atoms with Gasteiger partial charge in [-0.05, 0) is 36.8 Å². The van der Waals surface area contributed by atoms with Gasteiger partial charge in [0, 0.05) is 31.7 Å². The topological polar surface area (TPSA) is 28.2 Å². The zero-order valence-corrected chi connectivity index (χ0v) is 11.1. The summed E-state index contributed by atoms with van der Waals surface area (Å²) in [7, 11) is 4.01. The zero-order chi connectivity index (χ0) is 13.0. The lowest BCUT2D eigenvalue weighted by molar-refractivity contribution is 0.885. The molecule has 0 amide bonds. The highest BCUT2D eigenvalue weighted by atomic mass is 15.1. The molecule has 0 aliphatic carbocycles. The Labute approximate surface area is 108 Å². The molecule has 1 heterocycles. The van der Waals surface area contributed by atoms with Gasteiger partial charge in [0.1, 0.15) is 0 Å². The molecule has 2 rings (SSSR count). The normalized spacial score (nSPS) is 10.2. The van der Waals surface area contributed by atoms with Crippen molar-refractivity contribution in [2.24, 2.45) is 0 Å². The second kappa shape index (κ2) is 5.54. The van der Waals surface area contributed by atoms with Crippen LogP contribution in [0.3, 0.4) is 0 Å². The molecule has 0 atom stereocenters. The van der Waals surface area contributed by atoms with Crippen molar-refractivity contribution in [3.8, 4) is 0 Å². The van der Waals surface area contributed by atoms with Gasteiger partial charge in [-0.3, -0.25) is 4.98 Å². The van der Waals surface area contributed by atoms with E-state index in [0.717, 1.165) is 17.9 Å². The number of nitrogens with one attached hydrogen (secondary N) is 1. The average Bonchev–Trinajstić information content (AvgIpc) is 2.39. The maximum absolute atomic E-state index is 4.39. The average molecular weight is 241 g/mol. The zero-order valence-electron chi connectivity index (χ0n) is 11.1. The molecular formula is C15H19N3. The molecule has 1 N–H and O–H groups in total. The minimum Gasteiger partial charge on any atom is -0.388 e.